The molecule has 0 bridgehead atoms. The van der Waals surface area contributed by atoms with E-state index in [0.717, 1.165) is 22.8 Å². The highest BCUT2D eigenvalue weighted by Crippen LogP contribution is 2.46. The standard InChI is InChI=1S/C26H30O6/c1-14(2)6-8-16-10-19(18(9-7-15(3)4)25(30)26(16)31-5)22-13-21(29)24-20(28)11-17(27)12-23(24)32-22/h6-7,10-12,22,27-28,30H,8-9,13H2,1-5H3/t22-/m0/s1. The molecule has 1 heterocycles. The molecule has 6 heteroatoms. The number of rotatable bonds is 6. The zero-order valence-electron chi connectivity index (χ0n) is 19.2. The van der Waals surface area contributed by atoms with Crippen LogP contribution in [0.5, 0.6) is 28.7 Å². The zero-order valence-corrected chi connectivity index (χ0v) is 19.2. The molecule has 170 valence electrons. The maximum atomic E-state index is 12.9. The molecule has 6 nitrogen and oxygen atoms in total. The van der Waals surface area contributed by atoms with Crippen molar-refractivity contribution in [3.05, 3.63) is 63.8 Å². The van der Waals surface area contributed by atoms with Crippen molar-refractivity contribution < 1.29 is 29.6 Å². The van der Waals surface area contributed by atoms with Crippen molar-refractivity contribution in [3.8, 4) is 28.7 Å². The molecule has 0 amide bonds. The molecule has 2 aromatic carbocycles. The molecule has 1 aliphatic heterocycles. The van der Waals surface area contributed by atoms with E-state index in [1.807, 2.05) is 45.9 Å². The number of phenolic OH excluding ortho intramolecular Hbond substituents is 3. The van der Waals surface area contributed by atoms with Crippen molar-refractivity contribution in [2.24, 2.45) is 0 Å². The Kier molecular flexibility index (Phi) is 6.82. The molecule has 0 unspecified atom stereocenters. The minimum atomic E-state index is -0.681. The number of ether oxygens (including phenoxy) is 2. The van der Waals surface area contributed by atoms with Crippen LogP contribution in [0.2, 0.25) is 0 Å². The molecule has 3 N–H and O–H groups in total. The van der Waals surface area contributed by atoms with E-state index in [1.54, 1.807) is 0 Å². The zero-order chi connectivity index (χ0) is 23.6. The molecule has 0 saturated carbocycles. The minimum absolute atomic E-state index is 0.00100. The first-order chi connectivity index (χ1) is 15.1. The van der Waals surface area contributed by atoms with Crippen LogP contribution in [0.4, 0.5) is 0 Å². The Morgan fingerprint density at radius 3 is 2.34 bits per heavy atom. The first-order valence-electron chi connectivity index (χ1n) is 10.6. The predicted octanol–water partition coefficient (Wildman–Crippen LogP) is 5.54. The lowest BCUT2D eigenvalue weighted by molar-refractivity contribution is 0.0843. The normalized spacial score (nSPS) is 14.9. The second-order valence-electron chi connectivity index (χ2n) is 8.53. The van der Waals surface area contributed by atoms with Gasteiger partial charge < -0.3 is 24.8 Å². The van der Waals surface area contributed by atoms with Crippen LogP contribution in [0.1, 0.15) is 67.3 Å². The van der Waals surface area contributed by atoms with Crippen LogP contribution >= 0.6 is 0 Å². The van der Waals surface area contributed by atoms with E-state index in [4.69, 9.17) is 9.47 Å². The number of phenols is 3. The molecule has 0 fully saturated rings. The Morgan fingerprint density at radius 2 is 1.72 bits per heavy atom. The van der Waals surface area contributed by atoms with Crippen molar-refractivity contribution in [2.75, 3.05) is 7.11 Å². The lowest BCUT2D eigenvalue weighted by atomic mass is 9.88. The molecule has 0 radical (unpaired) electrons. The number of allylic oxidation sites excluding steroid dienone is 4. The van der Waals surface area contributed by atoms with Crippen LogP contribution in [0.15, 0.2) is 41.5 Å². The van der Waals surface area contributed by atoms with Crippen molar-refractivity contribution in [1.82, 2.24) is 0 Å². The van der Waals surface area contributed by atoms with E-state index >= 15 is 0 Å². The van der Waals surface area contributed by atoms with Gasteiger partial charge in [-0.15, -0.1) is 0 Å². The largest absolute Gasteiger partial charge is 0.508 e. The van der Waals surface area contributed by atoms with Crippen molar-refractivity contribution in [1.29, 1.82) is 0 Å². The summed E-state index contributed by atoms with van der Waals surface area (Å²) in [5.74, 6) is -0.237. The molecule has 32 heavy (non-hydrogen) atoms. The Balaban J connectivity index is 2.17. The smallest absolute Gasteiger partial charge is 0.174 e. The van der Waals surface area contributed by atoms with Crippen LogP contribution < -0.4 is 9.47 Å². The molecule has 0 aliphatic carbocycles. The van der Waals surface area contributed by atoms with Crippen LogP contribution in [-0.4, -0.2) is 28.2 Å². The Labute approximate surface area is 188 Å². The van der Waals surface area contributed by atoms with E-state index in [1.165, 1.54) is 13.2 Å². The summed E-state index contributed by atoms with van der Waals surface area (Å²) in [6.07, 6.45) is 4.34. The van der Waals surface area contributed by atoms with Gasteiger partial charge in [0.05, 0.1) is 13.5 Å². The lowest BCUT2D eigenvalue weighted by Crippen LogP contribution is -2.22. The average Bonchev–Trinajstić information content (AvgIpc) is 2.69. The SMILES string of the molecule is COc1c(CC=C(C)C)cc([C@@H]2CC(=O)c3c(O)cc(O)cc3O2)c(CC=C(C)C)c1O. The number of ketones is 1. The molecule has 2 aromatic rings. The number of fused-ring (bicyclic) bond motifs is 1. The second-order valence-corrected chi connectivity index (χ2v) is 8.53. The number of methoxy groups -OCH3 is 1. The summed E-state index contributed by atoms with van der Waals surface area (Å²) in [4.78, 5) is 12.9. The van der Waals surface area contributed by atoms with Gasteiger partial charge in [-0.2, -0.15) is 0 Å². The van der Waals surface area contributed by atoms with Gasteiger partial charge in [0.2, 0.25) is 0 Å². The molecule has 0 saturated heterocycles. The van der Waals surface area contributed by atoms with Gasteiger partial charge in [-0.3, -0.25) is 4.79 Å². The summed E-state index contributed by atoms with van der Waals surface area (Å²) in [7, 11) is 1.52. The van der Waals surface area contributed by atoms with Gasteiger partial charge in [0.25, 0.3) is 0 Å². The van der Waals surface area contributed by atoms with Crippen LogP contribution in [0, 0.1) is 0 Å². The van der Waals surface area contributed by atoms with Gasteiger partial charge in [-0.1, -0.05) is 23.3 Å². The number of Topliss-reactive ketones (excluding diaryl/α,β-unsaturated/α-hetero) is 1. The third kappa shape index (κ3) is 4.74. The van der Waals surface area contributed by atoms with E-state index < -0.39 is 6.10 Å². The molecular formula is C26H30O6. The van der Waals surface area contributed by atoms with Gasteiger partial charge in [0, 0.05) is 28.8 Å². The van der Waals surface area contributed by atoms with Gasteiger partial charge in [0.15, 0.2) is 17.3 Å². The maximum Gasteiger partial charge on any atom is 0.174 e. The molecule has 3 rings (SSSR count). The molecule has 1 atom stereocenters. The first kappa shape index (κ1) is 23.3. The van der Waals surface area contributed by atoms with Crippen LogP contribution in [0.25, 0.3) is 0 Å². The summed E-state index contributed by atoms with van der Waals surface area (Å²) >= 11 is 0. The number of hydrogen-bond acceptors (Lipinski definition) is 6. The molecular weight excluding hydrogens is 408 g/mol. The highest BCUT2D eigenvalue weighted by molar-refractivity contribution is 6.02. The summed E-state index contributed by atoms with van der Waals surface area (Å²) < 4.78 is 11.6. The van der Waals surface area contributed by atoms with E-state index in [-0.39, 0.29) is 40.8 Å². The highest BCUT2D eigenvalue weighted by atomic mass is 16.5. The van der Waals surface area contributed by atoms with Crippen molar-refractivity contribution in [2.45, 2.75) is 53.1 Å². The van der Waals surface area contributed by atoms with Crippen LogP contribution in [-0.2, 0) is 12.8 Å². The Bertz CT molecular complexity index is 1100. The highest BCUT2D eigenvalue weighted by Gasteiger charge is 2.33. The van der Waals surface area contributed by atoms with Gasteiger partial charge in [0.1, 0.15) is 28.9 Å². The van der Waals surface area contributed by atoms with Crippen LogP contribution in [0.3, 0.4) is 0 Å². The summed E-state index contributed by atoms with van der Waals surface area (Å²) in [5.41, 5.74) is 4.36. The van der Waals surface area contributed by atoms with E-state index in [2.05, 4.69) is 0 Å². The maximum absolute atomic E-state index is 12.9. The number of benzene rings is 2. The summed E-state index contributed by atoms with van der Waals surface area (Å²) in [5, 5.41) is 31.1. The minimum Gasteiger partial charge on any atom is -0.508 e. The fourth-order valence-corrected chi connectivity index (χ4v) is 3.87. The Morgan fingerprint density at radius 1 is 1.06 bits per heavy atom. The second kappa shape index (κ2) is 9.39. The molecule has 0 aromatic heterocycles. The van der Waals surface area contributed by atoms with Gasteiger partial charge >= 0.3 is 0 Å². The van der Waals surface area contributed by atoms with Crippen molar-refractivity contribution in [3.63, 3.8) is 0 Å². The lowest BCUT2D eigenvalue weighted by Gasteiger charge is -2.29. The topological polar surface area (TPSA) is 96.2 Å². The number of carbonyl (C=O) groups is 1. The fraction of sp³-hybridized carbons (Fsp3) is 0.346. The average molecular weight is 439 g/mol. The Hall–Kier alpha value is -3.41. The van der Waals surface area contributed by atoms with E-state index in [9.17, 15) is 20.1 Å². The number of hydrogen-bond donors (Lipinski definition) is 3. The van der Waals surface area contributed by atoms with Crippen molar-refractivity contribution >= 4 is 5.78 Å². The van der Waals surface area contributed by atoms with Gasteiger partial charge in [-0.05, 0) is 46.6 Å². The quantitative estimate of drug-likeness (QED) is 0.513. The number of carbonyl (C=O) groups excluding carboxylic acids is 1. The summed E-state index contributed by atoms with van der Waals surface area (Å²) in [6, 6.07) is 4.36. The van der Waals surface area contributed by atoms with Gasteiger partial charge in [-0.25, -0.2) is 0 Å². The first-order valence-corrected chi connectivity index (χ1v) is 10.6. The monoisotopic (exact) mass is 438 g/mol. The third-order valence-electron chi connectivity index (χ3n) is 5.45. The molecule has 1 aliphatic rings. The number of aromatic hydroxyl groups is 3. The third-order valence-corrected chi connectivity index (χ3v) is 5.45. The molecule has 0 spiro atoms. The van der Waals surface area contributed by atoms with E-state index in [0.29, 0.717) is 29.7 Å². The summed E-state index contributed by atoms with van der Waals surface area (Å²) in [6.45, 7) is 7.93. The predicted molar refractivity (Wildman–Crippen MR) is 123 cm³/mol. The fourth-order valence-electron chi connectivity index (χ4n) is 3.87.